The third-order valence-electron chi connectivity index (χ3n) is 6.19. The minimum atomic E-state index is -0.140. The van der Waals surface area contributed by atoms with Crippen molar-refractivity contribution in [2.75, 3.05) is 77.6 Å². The lowest BCUT2D eigenvalue weighted by atomic mass is 9.84. The number of guanidine groups is 1. The molecule has 2 fully saturated rings. The van der Waals surface area contributed by atoms with Gasteiger partial charge in [-0.25, -0.2) is 4.39 Å². The van der Waals surface area contributed by atoms with E-state index in [2.05, 4.69) is 25.4 Å². The number of para-hydroxylation sites is 1. The standard InChI is InChI=1S/C22H36FN5O2.HI/c1-24-21(26-17-22(7-15-29)8-16-30-18-22)25-9-4-10-27-11-13-28(14-12-27)20-6-3-2-5-19(20)23;/h2-3,5-6,29H,4,7-18H2,1H3,(H2,24,25,26);1H. The zero-order chi connectivity index (χ0) is 21.2. The van der Waals surface area contributed by atoms with Crippen LogP contribution in [0, 0.1) is 11.2 Å². The highest BCUT2D eigenvalue weighted by atomic mass is 127. The molecule has 0 aliphatic carbocycles. The van der Waals surface area contributed by atoms with E-state index in [1.54, 1.807) is 13.1 Å². The van der Waals surface area contributed by atoms with Crippen LogP contribution in [0.25, 0.3) is 0 Å². The lowest BCUT2D eigenvalue weighted by Gasteiger charge is -2.36. The number of aliphatic hydroxyl groups excluding tert-OH is 1. The third kappa shape index (κ3) is 7.73. The Morgan fingerprint density at radius 1 is 1.23 bits per heavy atom. The van der Waals surface area contributed by atoms with E-state index in [1.807, 2.05) is 12.1 Å². The number of benzene rings is 1. The Morgan fingerprint density at radius 3 is 2.65 bits per heavy atom. The van der Waals surface area contributed by atoms with Crippen LogP contribution in [0.2, 0.25) is 0 Å². The van der Waals surface area contributed by atoms with E-state index in [-0.39, 0.29) is 41.8 Å². The number of rotatable bonds is 9. The molecule has 0 aromatic heterocycles. The van der Waals surface area contributed by atoms with Crippen LogP contribution in [0.5, 0.6) is 0 Å². The Kier molecular flexibility index (Phi) is 11.3. The molecule has 1 aromatic rings. The van der Waals surface area contributed by atoms with Gasteiger partial charge in [-0.3, -0.25) is 9.89 Å². The number of aliphatic imine (C=N–C) groups is 1. The number of aliphatic hydroxyl groups is 1. The topological polar surface area (TPSA) is 72.4 Å². The molecule has 0 radical (unpaired) electrons. The van der Waals surface area contributed by atoms with Gasteiger partial charge in [0, 0.05) is 64.9 Å². The van der Waals surface area contributed by atoms with Crippen molar-refractivity contribution in [3.05, 3.63) is 30.1 Å². The first-order valence-electron chi connectivity index (χ1n) is 11.0. The molecule has 176 valence electrons. The highest BCUT2D eigenvalue weighted by molar-refractivity contribution is 14.0. The van der Waals surface area contributed by atoms with Crippen LogP contribution in [-0.2, 0) is 4.74 Å². The molecule has 0 saturated carbocycles. The van der Waals surface area contributed by atoms with Crippen LogP contribution in [0.4, 0.5) is 10.1 Å². The van der Waals surface area contributed by atoms with Crippen LogP contribution in [0.3, 0.4) is 0 Å². The number of hydrogen-bond donors (Lipinski definition) is 3. The number of halogens is 2. The smallest absolute Gasteiger partial charge is 0.190 e. The Hall–Kier alpha value is -1.17. The molecule has 9 heteroatoms. The Morgan fingerprint density at radius 2 is 2.00 bits per heavy atom. The summed E-state index contributed by atoms with van der Waals surface area (Å²) in [4.78, 5) is 8.87. The van der Waals surface area contributed by atoms with E-state index >= 15 is 0 Å². The fraction of sp³-hybridized carbons (Fsp3) is 0.682. The largest absolute Gasteiger partial charge is 0.396 e. The normalized spacial score (nSPS) is 22.3. The number of hydrogen-bond acceptors (Lipinski definition) is 5. The molecular formula is C22H37FIN5O2. The van der Waals surface area contributed by atoms with Crippen molar-refractivity contribution in [3.8, 4) is 0 Å². The van der Waals surface area contributed by atoms with Crippen molar-refractivity contribution < 1.29 is 14.2 Å². The monoisotopic (exact) mass is 549 g/mol. The third-order valence-corrected chi connectivity index (χ3v) is 6.19. The second-order valence-corrected chi connectivity index (χ2v) is 8.26. The molecule has 7 nitrogen and oxygen atoms in total. The Labute approximate surface area is 202 Å². The highest BCUT2D eigenvalue weighted by Gasteiger charge is 2.34. The van der Waals surface area contributed by atoms with Gasteiger partial charge in [-0.05, 0) is 37.9 Å². The SMILES string of the molecule is CN=C(NCCCN1CCN(c2ccccc2F)CC1)NCC1(CCO)CCOC1.I. The molecule has 2 heterocycles. The number of nitrogens with one attached hydrogen (secondary N) is 2. The minimum Gasteiger partial charge on any atom is -0.396 e. The predicted molar refractivity (Wildman–Crippen MR) is 134 cm³/mol. The first-order chi connectivity index (χ1) is 14.7. The Bertz CT molecular complexity index is 680. The van der Waals surface area contributed by atoms with Gasteiger partial charge in [0.2, 0.25) is 0 Å². The molecule has 1 aromatic carbocycles. The van der Waals surface area contributed by atoms with Gasteiger partial charge in [0.1, 0.15) is 5.82 Å². The molecule has 0 bridgehead atoms. The summed E-state index contributed by atoms with van der Waals surface area (Å²) in [5, 5.41) is 16.1. The van der Waals surface area contributed by atoms with Crippen LogP contribution < -0.4 is 15.5 Å². The fourth-order valence-electron chi connectivity index (χ4n) is 4.23. The fourth-order valence-corrected chi connectivity index (χ4v) is 4.23. The molecule has 2 aliphatic rings. The summed E-state index contributed by atoms with van der Waals surface area (Å²) < 4.78 is 19.5. The molecule has 2 saturated heterocycles. The van der Waals surface area contributed by atoms with Crippen molar-refractivity contribution in [1.82, 2.24) is 15.5 Å². The van der Waals surface area contributed by atoms with Gasteiger partial charge >= 0.3 is 0 Å². The van der Waals surface area contributed by atoms with Gasteiger partial charge < -0.3 is 25.4 Å². The second kappa shape index (κ2) is 13.4. The first-order valence-corrected chi connectivity index (χ1v) is 11.0. The molecule has 1 unspecified atom stereocenters. The average Bonchev–Trinajstić information content (AvgIpc) is 3.23. The van der Waals surface area contributed by atoms with Crippen molar-refractivity contribution in [2.45, 2.75) is 19.3 Å². The number of nitrogens with zero attached hydrogens (tertiary/aromatic N) is 3. The molecule has 0 amide bonds. The van der Waals surface area contributed by atoms with E-state index in [9.17, 15) is 9.50 Å². The molecule has 31 heavy (non-hydrogen) atoms. The van der Waals surface area contributed by atoms with E-state index in [1.165, 1.54) is 6.07 Å². The maximum atomic E-state index is 14.0. The number of anilines is 1. The average molecular weight is 549 g/mol. The van der Waals surface area contributed by atoms with Crippen LogP contribution in [0.15, 0.2) is 29.3 Å². The van der Waals surface area contributed by atoms with E-state index in [0.29, 0.717) is 12.3 Å². The van der Waals surface area contributed by atoms with Crippen LogP contribution in [0.1, 0.15) is 19.3 Å². The Balaban J connectivity index is 0.00000341. The molecule has 2 aliphatic heterocycles. The summed E-state index contributed by atoms with van der Waals surface area (Å²) >= 11 is 0. The first kappa shape index (κ1) is 26.1. The predicted octanol–water partition coefficient (Wildman–Crippen LogP) is 1.91. The molecule has 3 rings (SSSR count). The van der Waals surface area contributed by atoms with Crippen LogP contribution >= 0.6 is 24.0 Å². The number of piperazine rings is 1. The highest BCUT2D eigenvalue weighted by Crippen LogP contribution is 2.31. The van der Waals surface area contributed by atoms with Gasteiger partial charge in [-0.15, -0.1) is 24.0 Å². The molecule has 3 N–H and O–H groups in total. The lowest BCUT2D eigenvalue weighted by Crippen LogP contribution is -2.48. The maximum Gasteiger partial charge on any atom is 0.190 e. The maximum absolute atomic E-state index is 14.0. The summed E-state index contributed by atoms with van der Waals surface area (Å²) in [6.07, 6.45) is 2.73. The van der Waals surface area contributed by atoms with Crippen molar-refractivity contribution in [2.24, 2.45) is 10.4 Å². The lowest BCUT2D eigenvalue weighted by molar-refractivity contribution is 0.127. The minimum absolute atomic E-state index is 0. The summed E-state index contributed by atoms with van der Waals surface area (Å²) in [5.74, 6) is 0.655. The van der Waals surface area contributed by atoms with E-state index in [4.69, 9.17) is 4.74 Å². The zero-order valence-corrected chi connectivity index (χ0v) is 20.8. The van der Waals surface area contributed by atoms with Gasteiger partial charge in [0.15, 0.2) is 5.96 Å². The van der Waals surface area contributed by atoms with Gasteiger partial charge in [-0.2, -0.15) is 0 Å². The summed E-state index contributed by atoms with van der Waals surface area (Å²) in [7, 11) is 1.78. The van der Waals surface area contributed by atoms with Gasteiger partial charge in [-0.1, -0.05) is 12.1 Å². The molecule has 0 spiro atoms. The van der Waals surface area contributed by atoms with Gasteiger partial charge in [0.25, 0.3) is 0 Å². The zero-order valence-electron chi connectivity index (χ0n) is 18.5. The van der Waals surface area contributed by atoms with Crippen molar-refractivity contribution in [3.63, 3.8) is 0 Å². The quantitative estimate of drug-likeness (QED) is 0.189. The van der Waals surface area contributed by atoms with E-state index in [0.717, 1.165) is 77.6 Å². The van der Waals surface area contributed by atoms with Gasteiger partial charge in [0.05, 0.1) is 12.3 Å². The molecule has 1 atom stereocenters. The number of ether oxygens (including phenoxy) is 1. The summed E-state index contributed by atoms with van der Waals surface area (Å²) in [6.45, 7) is 7.85. The van der Waals surface area contributed by atoms with Crippen molar-refractivity contribution in [1.29, 1.82) is 0 Å². The van der Waals surface area contributed by atoms with Crippen molar-refractivity contribution >= 4 is 35.6 Å². The summed E-state index contributed by atoms with van der Waals surface area (Å²) in [6, 6.07) is 7.01. The second-order valence-electron chi connectivity index (χ2n) is 8.26. The van der Waals surface area contributed by atoms with E-state index < -0.39 is 0 Å². The summed E-state index contributed by atoms with van der Waals surface area (Å²) in [5.41, 5.74) is 0.713. The van der Waals surface area contributed by atoms with Crippen LogP contribution in [-0.4, -0.2) is 88.6 Å². The molecular weight excluding hydrogens is 512 g/mol.